The number of nitrogens with zero attached hydrogens (tertiary/aromatic N) is 2. The first-order valence-corrected chi connectivity index (χ1v) is 6.16. The standard InChI is InChI=1S/C12H22N2O3.ClH/c1-9-6-4-5-7-14(9)11(15)8-13(3)10(2)12(16)17;/h9-10H,4-8H2,1-3H3,(H,16,17);1H. The van der Waals surface area contributed by atoms with Gasteiger partial charge in [-0.25, -0.2) is 0 Å². The summed E-state index contributed by atoms with van der Waals surface area (Å²) in [5.74, 6) is -0.861. The summed E-state index contributed by atoms with van der Waals surface area (Å²) in [4.78, 5) is 26.3. The molecule has 0 aromatic carbocycles. The van der Waals surface area contributed by atoms with Crippen molar-refractivity contribution in [3.8, 4) is 0 Å². The van der Waals surface area contributed by atoms with Gasteiger partial charge in [0.25, 0.3) is 0 Å². The van der Waals surface area contributed by atoms with Gasteiger partial charge in [-0.05, 0) is 40.2 Å². The number of aliphatic carboxylic acids is 1. The van der Waals surface area contributed by atoms with E-state index in [1.54, 1.807) is 18.9 Å². The van der Waals surface area contributed by atoms with Crippen molar-refractivity contribution >= 4 is 24.3 Å². The van der Waals surface area contributed by atoms with Gasteiger partial charge in [0.1, 0.15) is 6.04 Å². The number of rotatable bonds is 4. The van der Waals surface area contributed by atoms with Gasteiger partial charge in [-0.15, -0.1) is 12.4 Å². The smallest absolute Gasteiger partial charge is 0.320 e. The van der Waals surface area contributed by atoms with Gasteiger partial charge in [-0.3, -0.25) is 14.5 Å². The molecule has 0 radical (unpaired) electrons. The van der Waals surface area contributed by atoms with Crippen molar-refractivity contribution < 1.29 is 14.7 Å². The van der Waals surface area contributed by atoms with E-state index in [0.717, 1.165) is 19.4 Å². The van der Waals surface area contributed by atoms with Gasteiger partial charge in [0, 0.05) is 12.6 Å². The predicted molar refractivity (Wildman–Crippen MR) is 72.0 cm³/mol. The Balaban J connectivity index is 0.00000289. The maximum Gasteiger partial charge on any atom is 0.320 e. The first-order chi connectivity index (χ1) is 7.93. The molecule has 1 heterocycles. The number of carbonyl (C=O) groups is 2. The number of carboxylic acid groups (broad SMARTS) is 1. The van der Waals surface area contributed by atoms with Crippen LogP contribution in [0.15, 0.2) is 0 Å². The number of likely N-dealkylation sites (tertiary alicyclic amines) is 1. The zero-order valence-electron chi connectivity index (χ0n) is 11.3. The first kappa shape index (κ1) is 17.2. The third kappa shape index (κ3) is 4.46. The van der Waals surface area contributed by atoms with Crippen molar-refractivity contribution in [2.45, 2.75) is 45.2 Å². The molecule has 0 bridgehead atoms. The Morgan fingerprint density at radius 1 is 1.44 bits per heavy atom. The van der Waals surface area contributed by atoms with Crippen LogP contribution < -0.4 is 0 Å². The Morgan fingerprint density at radius 2 is 2.06 bits per heavy atom. The van der Waals surface area contributed by atoms with Crippen LogP contribution in [0.5, 0.6) is 0 Å². The van der Waals surface area contributed by atoms with Crippen molar-refractivity contribution in [2.75, 3.05) is 20.1 Å². The Hall–Kier alpha value is -0.810. The highest BCUT2D eigenvalue weighted by atomic mass is 35.5. The lowest BCUT2D eigenvalue weighted by molar-refractivity contribution is -0.144. The van der Waals surface area contributed by atoms with Crippen LogP contribution in [0.2, 0.25) is 0 Å². The van der Waals surface area contributed by atoms with E-state index in [1.807, 2.05) is 4.90 Å². The maximum atomic E-state index is 12.0. The maximum absolute atomic E-state index is 12.0. The Kier molecular flexibility index (Phi) is 7.25. The molecule has 0 aromatic rings. The molecule has 18 heavy (non-hydrogen) atoms. The molecule has 1 amide bonds. The van der Waals surface area contributed by atoms with Gasteiger partial charge in [-0.1, -0.05) is 0 Å². The predicted octanol–water partition coefficient (Wildman–Crippen LogP) is 1.21. The largest absolute Gasteiger partial charge is 0.480 e. The number of piperidine rings is 1. The Morgan fingerprint density at radius 3 is 2.56 bits per heavy atom. The van der Waals surface area contributed by atoms with Crippen LogP contribution in [-0.4, -0.2) is 59.0 Å². The minimum atomic E-state index is -0.896. The van der Waals surface area contributed by atoms with E-state index in [4.69, 9.17) is 5.11 Å². The summed E-state index contributed by atoms with van der Waals surface area (Å²) in [5.41, 5.74) is 0. The second kappa shape index (κ2) is 7.59. The summed E-state index contributed by atoms with van der Waals surface area (Å²) in [6, 6.07) is -0.344. The lowest BCUT2D eigenvalue weighted by Crippen LogP contribution is -2.48. The molecular formula is C12H23ClN2O3. The quantitative estimate of drug-likeness (QED) is 0.840. The highest BCUT2D eigenvalue weighted by molar-refractivity contribution is 5.85. The zero-order valence-corrected chi connectivity index (χ0v) is 12.1. The van der Waals surface area contributed by atoms with Crippen LogP contribution in [0.1, 0.15) is 33.1 Å². The van der Waals surface area contributed by atoms with Gasteiger partial charge >= 0.3 is 5.97 Å². The van der Waals surface area contributed by atoms with Crippen molar-refractivity contribution in [3.05, 3.63) is 0 Å². The number of hydrogen-bond donors (Lipinski definition) is 1. The number of halogens is 1. The lowest BCUT2D eigenvalue weighted by Gasteiger charge is -2.35. The topological polar surface area (TPSA) is 60.9 Å². The molecule has 0 aliphatic carbocycles. The SMILES string of the molecule is CC(C(=O)O)N(C)CC(=O)N1CCCCC1C.Cl. The second-order valence-corrected chi connectivity index (χ2v) is 4.86. The van der Waals surface area contributed by atoms with Crippen LogP contribution in [0.3, 0.4) is 0 Å². The monoisotopic (exact) mass is 278 g/mol. The van der Waals surface area contributed by atoms with Gasteiger partial charge in [-0.2, -0.15) is 0 Å². The number of likely N-dealkylation sites (N-methyl/N-ethyl adjacent to an activating group) is 1. The normalized spacial score (nSPS) is 21.3. The van der Waals surface area contributed by atoms with Crippen LogP contribution in [0.4, 0.5) is 0 Å². The minimum Gasteiger partial charge on any atom is -0.480 e. The van der Waals surface area contributed by atoms with E-state index in [-0.39, 0.29) is 30.9 Å². The van der Waals surface area contributed by atoms with Crippen LogP contribution in [0, 0.1) is 0 Å². The molecule has 1 fully saturated rings. The summed E-state index contributed by atoms with van der Waals surface area (Å²) in [6.07, 6.45) is 3.27. The summed E-state index contributed by atoms with van der Waals surface area (Å²) >= 11 is 0. The third-order valence-electron chi connectivity index (χ3n) is 3.53. The Labute approximate surface area is 115 Å². The van der Waals surface area contributed by atoms with Crippen molar-refractivity contribution in [2.24, 2.45) is 0 Å². The summed E-state index contributed by atoms with van der Waals surface area (Å²) < 4.78 is 0. The fourth-order valence-electron chi connectivity index (χ4n) is 2.10. The van der Waals surface area contributed by atoms with Gasteiger partial charge in [0.15, 0.2) is 0 Å². The molecule has 1 rings (SSSR count). The van der Waals surface area contributed by atoms with E-state index in [0.29, 0.717) is 0 Å². The zero-order chi connectivity index (χ0) is 13.0. The fourth-order valence-corrected chi connectivity index (χ4v) is 2.10. The summed E-state index contributed by atoms with van der Waals surface area (Å²) in [6.45, 7) is 4.63. The molecule has 0 aromatic heterocycles. The number of carbonyl (C=O) groups excluding carboxylic acids is 1. The van der Waals surface area contributed by atoms with E-state index < -0.39 is 12.0 Å². The third-order valence-corrected chi connectivity index (χ3v) is 3.53. The highest BCUT2D eigenvalue weighted by Crippen LogP contribution is 2.16. The average Bonchev–Trinajstić information content (AvgIpc) is 2.28. The first-order valence-electron chi connectivity index (χ1n) is 6.16. The van der Waals surface area contributed by atoms with E-state index in [1.165, 1.54) is 6.42 Å². The molecule has 1 aliphatic heterocycles. The van der Waals surface area contributed by atoms with Crippen LogP contribution in [-0.2, 0) is 9.59 Å². The average molecular weight is 279 g/mol. The van der Waals surface area contributed by atoms with E-state index in [9.17, 15) is 9.59 Å². The van der Waals surface area contributed by atoms with Crippen LogP contribution >= 0.6 is 12.4 Å². The lowest BCUT2D eigenvalue weighted by atomic mass is 10.0. The molecule has 5 nitrogen and oxygen atoms in total. The Bertz CT molecular complexity index is 299. The van der Waals surface area contributed by atoms with E-state index >= 15 is 0 Å². The molecule has 0 spiro atoms. The molecule has 1 N–H and O–H groups in total. The molecular weight excluding hydrogens is 256 g/mol. The second-order valence-electron chi connectivity index (χ2n) is 4.86. The van der Waals surface area contributed by atoms with Crippen molar-refractivity contribution in [1.82, 2.24) is 9.80 Å². The number of amides is 1. The van der Waals surface area contributed by atoms with Gasteiger partial charge in [0.05, 0.1) is 6.54 Å². The fraction of sp³-hybridized carbons (Fsp3) is 0.833. The van der Waals surface area contributed by atoms with Crippen molar-refractivity contribution in [1.29, 1.82) is 0 Å². The molecule has 2 atom stereocenters. The summed E-state index contributed by atoms with van der Waals surface area (Å²) in [7, 11) is 1.67. The molecule has 0 saturated carbocycles. The van der Waals surface area contributed by atoms with Gasteiger partial charge in [0.2, 0.25) is 5.91 Å². The van der Waals surface area contributed by atoms with Gasteiger partial charge < -0.3 is 10.0 Å². The summed E-state index contributed by atoms with van der Waals surface area (Å²) in [5, 5.41) is 8.86. The minimum absolute atomic E-state index is 0. The number of hydrogen-bond acceptors (Lipinski definition) is 3. The van der Waals surface area contributed by atoms with Crippen LogP contribution in [0.25, 0.3) is 0 Å². The van der Waals surface area contributed by atoms with Crippen molar-refractivity contribution in [3.63, 3.8) is 0 Å². The number of carboxylic acids is 1. The molecule has 6 heteroatoms. The molecule has 106 valence electrons. The molecule has 2 unspecified atom stereocenters. The molecule has 1 saturated heterocycles. The molecule has 1 aliphatic rings. The van der Waals surface area contributed by atoms with E-state index in [2.05, 4.69) is 6.92 Å². The highest BCUT2D eigenvalue weighted by Gasteiger charge is 2.26.